The number of anilines is 1. The normalized spacial score (nSPS) is 20.1. The van der Waals surface area contributed by atoms with Crippen LogP contribution < -0.4 is 4.90 Å². The number of aromatic nitrogens is 2. The number of carbonyl (C=O) groups is 2. The van der Waals surface area contributed by atoms with Crippen molar-refractivity contribution in [3.63, 3.8) is 0 Å². The van der Waals surface area contributed by atoms with Gasteiger partial charge in [-0.1, -0.05) is 18.2 Å². The number of piperidine rings is 1. The average Bonchev–Trinajstić information content (AvgIpc) is 3.09. The van der Waals surface area contributed by atoms with Crippen molar-refractivity contribution in [2.24, 2.45) is 5.92 Å². The molecule has 2 aliphatic heterocycles. The SMILES string of the molecule is O=C(c1cncc(CC2CC(=O)N(c3ccccc3)C2)n1)N1CCCCC1. The van der Waals surface area contributed by atoms with Gasteiger partial charge < -0.3 is 9.80 Å². The zero-order valence-corrected chi connectivity index (χ0v) is 15.4. The second-order valence-corrected chi connectivity index (χ2v) is 7.36. The van der Waals surface area contributed by atoms with Crippen LogP contribution in [0.4, 0.5) is 5.69 Å². The molecule has 2 amide bonds. The summed E-state index contributed by atoms with van der Waals surface area (Å²) in [7, 11) is 0. The highest BCUT2D eigenvalue weighted by Crippen LogP contribution is 2.26. The predicted octanol–water partition coefficient (Wildman–Crippen LogP) is 2.70. The van der Waals surface area contributed by atoms with Gasteiger partial charge in [-0.15, -0.1) is 0 Å². The Morgan fingerprint density at radius 3 is 2.63 bits per heavy atom. The maximum absolute atomic E-state index is 12.6. The molecule has 1 atom stereocenters. The first-order valence-corrected chi connectivity index (χ1v) is 9.66. The summed E-state index contributed by atoms with van der Waals surface area (Å²) in [5.74, 6) is 0.296. The van der Waals surface area contributed by atoms with Crippen LogP contribution in [-0.4, -0.2) is 46.3 Å². The molecule has 1 aromatic carbocycles. The highest BCUT2D eigenvalue weighted by molar-refractivity contribution is 5.95. The van der Waals surface area contributed by atoms with Crippen molar-refractivity contribution in [3.05, 3.63) is 54.1 Å². The molecular formula is C21H24N4O2. The van der Waals surface area contributed by atoms with Crippen molar-refractivity contribution in [3.8, 4) is 0 Å². The second-order valence-electron chi connectivity index (χ2n) is 7.36. The smallest absolute Gasteiger partial charge is 0.274 e. The molecule has 4 rings (SSSR count). The molecule has 0 N–H and O–H groups in total. The number of carbonyl (C=O) groups excluding carboxylic acids is 2. The summed E-state index contributed by atoms with van der Waals surface area (Å²) in [6, 6.07) is 9.74. The minimum atomic E-state index is -0.0301. The molecule has 27 heavy (non-hydrogen) atoms. The summed E-state index contributed by atoms with van der Waals surface area (Å²) in [4.78, 5) is 37.5. The molecule has 1 unspecified atom stereocenters. The summed E-state index contributed by atoms with van der Waals surface area (Å²) in [5.41, 5.74) is 2.13. The van der Waals surface area contributed by atoms with E-state index in [0.717, 1.165) is 37.3 Å². The van der Waals surface area contributed by atoms with Crippen LogP contribution in [0.15, 0.2) is 42.7 Å². The van der Waals surface area contributed by atoms with E-state index < -0.39 is 0 Å². The molecule has 1 aromatic heterocycles. The number of rotatable bonds is 4. The predicted molar refractivity (Wildman–Crippen MR) is 102 cm³/mol. The third kappa shape index (κ3) is 3.99. The molecule has 2 fully saturated rings. The van der Waals surface area contributed by atoms with Crippen LogP contribution in [-0.2, 0) is 11.2 Å². The molecule has 3 heterocycles. The van der Waals surface area contributed by atoms with E-state index in [-0.39, 0.29) is 17.7 Å². The molecular weight excluding hydrogens is 340 g/mol. The van der Waals surface area contributed by atoms with Gasteiger partial charge in [-0.2, -0.15) is 0 Å². The van der Waals surface area contributed by atoms with E-state index in [4.69, 9.17) is 0 Å². The molecule has 0 bridgehead atoms. The topological polar surface area (TPSA) is 66.4 Å². The zero-order valence-electron chi connectivity index (χ0n) is 15.4. The van der Waals surface area contributed by atoms with Gasteiger partial charge in [-0.25, -0.2) is 4.98 Å². The Bertz CT molecular complexity index is 818. The van der Waals surface area contributed by atoms with Crippen LogP contribution in [0.3, 0.4) is 0 Å². The minimum absolute atomic E-state index is 0.0301. The standard InChI is InChI=1S/C21H24N4O2/c26-20-12-16(15-25(20)18-7-3-1-4-8-18)11-17-13-22-14-19(23-17)21(27)24-9-5-2-6-10-24/h1,3-4,7-8,13-14,16H,2,5-6,9-12,15H2. The van der Waals surface area contributed by atoms with E-state index in [9.17, 15) is 9.59 Å². The first-order chi connectivity index (χ1) is 13.2. The number of amides is 2. The van der Waals surface area contributed by atoms with Gasteiger partial charge in [0.05, 0.1) is 11.9 Å². The van der Waals surface area contributed by atoms with Crippen LogP contribution >= 0.6 is 0 Å². The number of benzene rings is 1. The van der Waals surface area contributed by atoms with Gasteiger partial charge in [0.1, 0.15) is 5.69 Å². The number of nitrogens with zero attached hydrogens (tertiary/aromatic N) is 4. The van der Waals surface area contributed by atoms with Gasteiger partial charge in [0.15, 0.2) is 0 Å². The number of hydrogen-bond donors (Lipinski definition) is 0. The Hall–Kier alpha value is -2.76. The van der Waals surface area contributed by atoms with Gasteiger partial charge >= 0.3 is 0 Å². The average molecular weight is 364 g/mol. The van der Waals surface area contributed by atoms with E-state index >= 15 is 0 Å². The highest BCUT2D eigenvalue weighted by atomic mass is 16.2. The van der Waals surface area contributed by atoms with Crippen molar-refractivity contribution >= 4 is 17.5 Å². The third-order valence-electron chi connectivity index (χ3n) is 5.32. The van der Waals surface area contributed by atoms with Gasteiger partial charge in [-0.3, -0.25) is 14.6 Å². The lowest BCUT2D eigenvalue weighted by Crippen LogP contribution is -2.36. The molecule has 6 nitrogen and oxygen atoms in total. The van der Waals surface area contributed by atoms with Crippen LogP contribution in [0.25, 0.3) is 0 Å². The molecule has 140 valence electrons. The van der Waals surface area contributed by atoms with E-state index in [1.165, 1.54) is 6.42 Å². The molecule has 0 spiro atoms. The number of hydrogen-bond acceptors (Lipinski definition) is 4. The fraction of sp³-hybridized carbons (Fsp3) is 0.429. The van der Waals surface area contributed by atoms with Gasteiger partial charge in [0.2, 0.25) is 5.91 Å². The Morgan fingerprint density at radius 1 is 1.07 bits per heavy atom. The Morgan fingerprint density at radius 2 is 1.85 bits per heavy atom. The van der Waals surface area contributed by atoms with E-state index in [0.29, 0.717) is 25.1 Å². The summed E-state index contributed by atoms with van der Waals surface area (Å²) in [6.07, 6.45) is 7.71. The Balaban J connectivity index is 1.43. The van der Waals surface area contributed by atoms with Gasteiger partial charge in [-0.05, 0) is 43.7 Å². The van der Waals surface area contributed by atoms with Crippen molar-refractivity contribution in [1.29, 1.82) is 0 Å². The first-order valence-electron chi connectivity index (χ1n) is 9.66. The molecule has 0 radical (unpaired) electrons. The van der Waals surface area contributed by atoms with Gasteiger partial charge in [0.25, 0.3) is 5.91 Å². The van der Waals surface area contributed by atoms with E-state index in [2.05, 4.69) is 9.97 Å². The van der Waals surface area contributed by atoms with Crippen molar-refractivity contribution in [1.82, 2.24) is 14.9 Å². The van der Waals surface area contributed by atoms with Gasteiger partial charge in [0, 0.05) is 37.9 Å². The molecule has 0 saturated carbocycles. The second kappa shape index (κ2) is 7.86. The molecule has 2 saturated heterocycles. The van der Waals surface area contributed by atoms with Crippen molar-refractivity contribution < 1.29 is 9.59 Å². The lowest BCUT2D eigenvalue weighted by atomic mass is 10.0. The molecule has 2 aliphatic rings. The maximum atomic E-state index is 12.6. The minimum Gasteiger partial charge on any atom is -0.337 e. The van der Waals surface area contributed by atoms with Crippen LogP contribution in [0.5, 0.6) is 0 Å². The van der Waals surface area contributed by atoms with E-state index in [1.807, 2.05) is 40.1 Å². The highest BCUT2D eigenvalue weighted by Gasteiger charge is 2.31. The monoisotopic (exact) mass is 364 g/mol. The molecule has 6 heteroatoms. The first kappa shape index (κ1) is 17.6. The fourth-order valence-electron chi connectivity index (χ4n) is 3.94. The van der Waals surface area contributed by atoms with Crippen LogP contribution in [0, 0.1) is 5.92 Å². The zero-order chi connectivity index (χ0) is 18.6. The fourth-order valence-corrected chi connectivity index (χ4v) is 3.94. The summed E-state index contributed by atoms with van der Waals surface area (Å²) in [5, 5.41) is 0. The van der Waals surface area contributed by atoms with Crippen molar-refractivity contribution in [2.45, 2.75) is 32.1 Å². The van der Waals surface area contributed by atoms with Crippen molar-refractivity contribution in [2.75, 3.05) is 24.5 Å². The van der Waals surface area contributed by atoms with Crippen LogP contribution in [0.2, 0.25) is 0 Å². The third-order valence-corrected chi connectivity index (χ3v) is 5.32. The Kier molecular flexibility index (Phi) is 5.14. The molecule has 2 aromatic rings. The van der Waals surface area contributed by atoms with E-state index in [1.54, 1.807) is 12.4 Å². The van der Waals surface area contributed by atoms with Crippen LogP contribution in [0.1, 0.15) is 41.9 Å². The summed E-state index contributed by atoms with van der Waals surface area (Å²) < 4.78 is 0. The summed E-state index contributed by atoms with van der Waals surface area (Å²) >= 11 is 0. The number of para-hydroxylation sites is 1. The lowest BCUT2D eigenvalue weighted by Gasteiger charge is -2.26. The lowest BCUT2D eigenvalue weighted by molar-refractivity contribution is -0.117. The summed E-state index contributed by atoms with van der Waals surface area (Å²) in [6.45, 7) is 2.27. The number of likely N-dealkylation sites (tertiary alicyclic amines) is 1. The quantitative estimate of drug-likeness (QED) is 0.837. The Labute approximate surface area is 159 Å². The maximum Gasteiger partial charge on any atom is 0.274 e. The largest absolute Gasteiger partial charge is 0.337 e. The molecule has 0 aliphatic carbocycles.